The van der Waals surface area contributed by atoms with Gasteiger partial charge in [-0.1, -0.05) is 48.0 Å². The Morgan fingerprint density at radius 2 is 1.97 bits per heavy atom. The van der Waals surface area contributed by atoms with Gasteiger partial charge in [-0.2, -0.15) is 0 Å². The molecule has 0 unspecified atom stereocenters. The number of nitrogens with zero attached hydrogens (tertiary/aromatic N) is 3. The maximum atomic E-state index is 6.00. The predicted octanol–water partition coefficient (Wildman–Crippen LogP) is 4.70. The van der Waals surface area contributed by atoms with E-state index in [2.05, 4.69) is 57.4 Å². The lowest BCUT2D eigenvalue weighted by Gasteiger charge is -2.32. The summed E-state index contributed by atoms with van der Waals surface area (Å²) in [4.78, 5) is 11.3. The largest absolute Gasteiger partial charge is 0.369 e. The lowest BCUT2D eigenvalue weighted by atomic mass is 10.1. The van der Waals surface area contributed by atoms with Gasteiger partial charge in [0, 0.05) is 25.8 Å². The van der Waals surface area contributed by atoms with Gasteiger partial charge in [0.2, 0.25) is 0 Å². The molecule has 5 nitrogen and oxygen atoms in total. The Bertz CT molecular complexity index is 926. The van der Waals surface area contributed by atoms with Crippen LogP contribution in [0.15, 0.2) is 78.6 Å². The maximum Gasteiger partial charge on any atom is 0.130 e. The number of nitrogens with one attached hydrogen (secondary N) is 1. The zero-order valence-corrected chi connectivity index (χ0v) is 16.7. The first kappa shape index (κ1) is 19.3. The van der Waals surface area contributed by atoms with Crippen molar-refractivity contribution in [2.24, 2.45) is 0 Å². The predicted molar refractivity (Wildman–Crippen MR) is 117 cm³/mol. The molecule has 0 amide bonds. The van der Waals surface area contributed by atoms with Crippen molar-refractivity contribution in [2.45, 2.75) is 13.0 Å². The van der Waals surface area contributed by atoms with Crippen LogP contribution in [0.4, 0.5) is 11.5 Å². The fraction of sp³-hybridized carbons (Fsp3) is 0.250. The van der Waals surface area contributed by atoms with Crippen molar-refractivity contribution in [1.82, 2.24) is 14.9 Å². The summed E-state index contributed by atoms with van der Waals surface area (Å²) in [6.07, 6.45) is 5.86. The van der Waals surface area contributed by atoms with E-state index >= 15 is 0 Å². The van der Waals surface area contributed by atoms with Crippen molar-refractivity contribution >= 4 is 17.6 Å². The van der Waals surface area contributed by atoms with Crippen LogP contribution in [0, 0.1) is 0 Å². The van der Waals surface area contributed by atoms with Gasteiger partial charge < -0.3 is 10.1 Å². The molecule has 0 spiro atoms. The van der Waals surface area contributed by atoms with Crippen molar-refractivity contribution < 1.29 is 4.74 Å². The Kier molecular flexibility index (Phi) is 6.29. The monoisotopic (exact) mass is 386 g/mol. The second kappa shape index (κ2) is 9.45. The van der Waals surface area contributed by atoms with Crippen LogP contribution in [0.5, 0.6) is 0 Å². The zero-order valence-electron chi connectivity index (χ0n) is 16.7. The lowest BCUT2D eigenvalue weighted by molar-refractivity contribution is -0.0288. The van der Waals surface area contributed by atoms with Gasteiger partial charge in [0.1, 0.15) is 11.9 Å². The first-order valence-corrected chi connectivity index (χ1v) is 9.96. The fourth-order valence-corrected chi connectivity index (χ4v) is 3.51. The maximum absolute atomic E-state index is 6.00. The molecule has 1 N–H and O–H groups in total. The minimum atomic E-state index is -0.00262. The van der Waals surface area contributed by atoms with E-state index in [0.717, 1.165) is 43.4 Å². The molecule has 4 rings (SSSR count). The Morgan fingerprint density at radius 1 is 1.10 bits per heavy atom. The molecule has 2 aromatic heterocycles. The van der Waals surface area contributed by atoms with E-state index in [1.165, 1.54) is 11.1 Å². The van der Waals surface area contributed by atoms with Gasteiger partial charge in [0.05, 0.1) is 24.2 Å². The molecule has 0 radical (unpaired) electrons. The van der Waals surface area contributed by atoms with Crippen molar-refractivity contribution in [1.29, 1.82) is 0 Å². The first-order chi connectivity index (χ1) is 14.3. The summed E-state index contributed by atoms with van der Waals surface area (Å²) in [5.74, 6) is 0.808. The van der Waals surface area contributed by atoms with Crippen LogP contribution in [-0.2, 0) is 4.74 Å². The van der Waals surface area contributed by atoms with Gasteiger partial charge in [-0.3, -0.25) is 9.88 Å². The van der Waals surface area contributed by atoms with Crippen LogP contribution in [0.2, 0.25) is 0 Å². The fourth-order valence-electron chi connectivity index (χ4n) is 3.51. The van der Waals surface area contributed by atoms with Gasteiger partial charge in [0.25, 0.3) is 0 Å². The highest BCUT2D eigenvalue weighted by Gasteiger charge is 2.23. The Labute approximate surface area is 172 Å². The standard InChI is InChI=1S/C24H26N4O/c1-19(15-20-7-3-2-4-8-20)17-28-13-14-29-23(18-28)22-11-10-21(16-26-22)27-24-9-5-6-12-25-24/h2-12,15-16,23H,13-14,17-18H2,1H3,(H,25,27)/b19-15+/t23-/m1/s1. The summed E-state index contributed by atoms with van der Waals surface area (Å²) in [6.45, 7) is 5.64. The molecule has 0 saturated carbocycles. The van der Waals surface area contributed by atoms with Crippen molar-refractivity contribution in [3.63, 3.8) is 0 Å². The SMILES string of the molecule is C/C(=C\c1ccccc1)CN1CCO[C@@H](c2ccc(Nc3ccccn3)cn2)C1. The summed E-state index contributed by atoms with van der Waals surface area (Å²) in [7, 11) is 0. The minimum absolute atomic E-state index is 0.00262. The average Bonchev–Trinajstić information content (AvgIpc) is 2.76. The highest BCUT2D eigenvalue weighted by atomic mass is 16.5. The molecule has 5 heteroatoms. The Hall–Kier alpha value is -3.02. The summed E-state index contributed by atoms with van der Waals surface area (Å²) in [5.41, 5.74) is 4.47. The quantitative estimate of drug-likeness (QED) is 0.666. The normalized spacial score (nSPS) is 17.8. The molecule has 1 saturated heterocycles. The molecule has 29 heavy (non-hydrogen) atoms. The van der Waals surface area contributed by atoms with Crippen LogP contribution < -0.4 is 5.32 Å². The van der Waals surface area contributed by atoms with Crippen LogP contribution >= 0.6 is 0 Å². The topological polar surface area (TPSA) is 50.3 Å². The molecule has 1 fully saturated rings. The van der Waals surface area contributed by atoms with Crippen LogP contribution in [0.3, 0.4) is 0 Å². The third-order valence-electron chi connectivity index (χ3n) is 4.89. The smallest absolute Gasteiger partial charge is 0.130 e. The number of anilines is 2. The number of morpholine rings is 1. The molecule has 1 aliphatic rings. The van der Waals surface area contributed by atoms with Crippen LogP contribution in [0.25, 0.3) is 6.08 Å². The van der Waals surface area contributed by atoms with Gasteiger partial charge >= 0.3 is 0 Å². The number of ether oxygens (including phenoxy) is 1. The number of pyridine rings is 2. The minimum Gasteiger partial charge on any atom is -0.369 e. The van der Waals surface area contributed by atoms with Crippen LogP contribution in [0.1, 0.15) is 24.3 Å². The second-order valence-electron chi connectivity index (χ2n) is 7.31. The number of aromatic nitrogens is 2. The zero-order chi connectivity index (χ0) is 19.9. The molecule has 0 aliphatic carbocycles. The summed E-state index contributed by atoms with van der Waals surface area (Å²) < 4.78 is 6.00. The van der Waals surface area contributed by atoms with Crippen molar-refractivity contribution in [3.8, 4) is 0 Å². The number of hydrogen-bond donors (Lipinski definition) is 1. The highest BCUT2D eigenvalue weighted by molar-refractivity contribution is 5.54. The Morgan fingerprint density at radius 3 is 2.72 bits per heavy atom. The van der Waals surface area contributed by atoms with Crippen molar-refractivity contribution in [3.05, 3.63) is 89.9 Å². The highest BCUT2D eigenvalue weighted by Crippen LogP contribution is 2.23. The van der Waals surface area contributed by atoms with Gasteiger partial charge in [0.15, 0.2) is 0 Å². The average molecular weight is 386 g/mol. The van der Waals surface area contributed by atoms with E-state index in [1.54, 1.807) is 6.20 Å². The summed E-state index contributed by atoms with van der Waals surface area (Å²) in [5, 5.41) is 3.26. The van der Waals surface area contributed by atoms with Crippen molar-refractivity contribution in [2.75, 3.05) is 31.6 Å². The van der Waals surface area contributed by atoms with E-state index in [-0.39, 0.29) is 6.10 Å². The molecular weight excluding hydrogens is 360 g/mol. The van der Waals surface area contributed by atoms with Crippen LogP contribution in [-0.4, -0.2) is 41.1 Å². The molecule has 148 valence electrons. The third-order valence-corrected chi connectivity index (χ3v) is 4.89. The molecule has 1 aliphatic heterocycles. The van der Waals surface area contributed by atoms with E-state index in [0.29, 0.717) is 0 Å². The molecule has 3 heterocycles. The lowest BCUT2D eigenvalue weighted by Crippen LogP contribution is -2.39. The molecule has 0 bridgehead atoms. The summed E-state index contributed by atoms with van der Waals surface area (Å²) in [6, 6.07) is 20.3. The number of benzene rings is 1. The molecular formula is C24H26N4O. The molecule has 1 aromatic carbocycles. The number of rotatable bonds is 6. The first-order valence-electron chi connectivity index (χ1n) is 9.96. The third kappa shape index (κ3) is 5.50. The van der Waals surface area contributed by atoms with E-state index in [4.69, 9.17) is 4.74 Å². The van der Waals surface area contributed by atoms with E-state index in [1.807, 2.05) is 42.6 Å². The van der Waals surface area contributed by atoms with Gasteiger partial charge in [-0.15, -0.1) is 0 Å². The van der Waals surface area contributed by atoms with Gasteiger partial charge in [-0.05, 0) is 36.8 Å². The second-order valence-corrected chi connectivity index (χ2v) is 7.31. The number of hydrogen-bond acceptors (Lipinski definition) is 5. The van der Waals surface area contributed by atoms with E-state index < -0.39 is 0 Å². The van der Waals surface area contributed by atoms with Gasteiger partial charge in [-0.25, -0.2) is 4.98 Å². The molecule has 3 aromatic rings. The molecule has 1 atom stereocenters. The summed E-state index contributed by atoms with van der Waals surface area (Å²) >= 11 is 0. The Balaban J connectivity index is 1.36. The van der Waals surface area contributed by atoms with E-state index in [9.17, 15) is 0 Å².